The van der Waals surface area contributed by atoms with Gasteiger partial charge in [0.05, 0.1) is 11.3 Å². The fourth-order valence-electron chi connectivity index (χ4n) is 1.84. The molecule has 0 saturated carbocycles. The first-order chi connectivity index (χ1) is 8.76. The molecule has 2 nitrogen and oxygen atoms in total. The molecule has 0 radical (unpaired) electrons. The zero-order valence-corrected chi connectivity index (χ0v) is 11.7. The third-order valence-corrected chi connectivity index (χ3v) is 3.49. The third-order valence-electron chi connectivity index (χ3n) is 2.84. The standard InChI is InChI=1S/C15H13BrN2/c1-18(14-5-3-2-4-6-14)15-8-7-12(10-16)9-13(15)11-17/h2-9H,10H2,1H3. The highest BCUT2D eigenvalue weighted by atomic mass is 79.9. The van der Waals surface area contributed by atoms with Crippen LogP contribution in [-0.4, -0.2) is 7.05 Å². The van der Waals surface area contributed by atoms with Gasteiger partial charge in [-0.3, -0.25) is 0 Å². The molecule has 18 heavy (non-hydrogen) atoms. The number of benzene rings is 2. The van der Waals surface area contributed by atoms with Crippen molar-refractivity contribution in [2.75, 3.05) is 11.9 Å². The Bertz CT molecular complexity index is 573. The Morgan fingerprint density at radius 1 is 1.17 bits per heavy atom. The van der Waals surface area contributed by atoms with Gasteiger partial charge >= 0.3 is 0 Å². The van der Waals surface area contributed by atoms with E-state index in [1.165, 1.54) is 0 Å². The van der Waals surface area contributed by atoms with Crippen LogP contribution in [0.4, 0.5) is 11.4 Å². The van der Waals surface area contributed by atoms with Crippen molar-refractivity contribution in [1.82, 2.24) is 0 Å². The summed E-state index contributed by atoms with van der Waals surface area (Å²) in [4.78, 5) is 2.02. The first-order valence-corrected chi connectivity index (χ1v) is 6.76. The van der Waals surface area contributed by atoms with Crippen molar-refractivity contribution >= 4 is 27.3 Å². The second-order valence-corrected chi connectivity index (χ2v) is 4.55. The summed E-state index contributed by atoms with van der Waals surface area (Å²) in [6, 6.07) is 18.2. The zero-order chi connectivity index (χ0) is 13.0. The molecule has 2 aromatic rings. The minimum Gasteiger partial charge on any atom is -0.344 e. The Morgan fingerprint density at radius 2 is 1.89 bits per heavy atom. The highest BCUT2D eigenvalue weighted by Crippen LogP contribution is 2.27. The molecule has 0 unspecified atom stereocenters. The molecule has 0 atom stereocenters. The molecule has 90 valence electrons. The van der Waals surface area contributed by atoms with Gasteiger partial charge in [-0.25, -0.2) is 0 Å². The van der Waals surface area contributed by atoms with Crippen molar-refractivity contribution in [3.05, 3.63) is 59.7 Å². The summed E-state index contributed by atoms with van der Waals surface area (Å²) in [6.07, 6.45) is 0. The van der Waals surface area contributed by atoms with E-state index in [2.05, 4.69) is 22.0 Å². The van der Waals surface area contributed by atoms with Crippen molar-refractivity contribution in [2.45, 2.75) is 5.33 Å². The largest absolute Gasteiger partial charge is 0.344 e. The van der Waals surface area contributed by atoms with Crippen molar-refractivity contribution < 1.29 is 0 Å². The third kappa shape index (κ3) is 2.55. The second kappa shape index (κ2) is 5.70. The Hall–Kier alpha value is -1.79. The van der Waals surface area contributed by atoms with E-state index < -0.39 is 0 Å². The summed E-state index contributed by atoms with van der Waals surface area (Å²) >= 11 is 3.40. The van der Waals surface area contributed by atoms with Gasteiger partial charge in [0.15, 0.2) is 0 Å². The van der Waals surface area contributed by atoms with Crippen LogP contribution in [0.5, 0.6) is 0 Å². The molecule has 0 amide bonds. The molecule has 0 aromatic heterocycles. The van der Waals surface area contributed by atoms with Crippen LogP contribution < -0.4 is 4.90 Å². The maximum atomic E-state index is 9.24. The first-order valence-electron chi connectivity index (χ1n) is 5.64. The summed E-state index contributed by atoms with van der Waals surface area (Å²) < 4.78 is 0. The quantitative estimate of drug-likeness (QED) is 0.794. The smallest absolute Gasteiger partial charge is 0.101 e. The SMILES string of the molecule is CN(c1ccccc1)c1ccc(CBr)cc1C#N. The molecule has 0 aliphatic rings. The molecule has 0 fully saturated rings. The van der Waals surface area contributed by atoms with Gasteiger partial charge in [-0.1, -0.05) is 40.2 Å². The predicted octanol–water partition coefficient (Wildman–Crippen LogP) is 4.22. The number of rotatable bonds is 3. The average molecular weight is 301 g/mol. The fourth-order valence-corrected chi connectivity index (χ4v) is 2.19. The summed E-state index contributed by atoms with van der Waals surface area (Å²) in [6.45, 7) is 0. The van der Waals surface area contributed by atoms with Crippen LogP contribution in [0.2, 0.25) is 0 Å². The zero-order valence-electron chi connectivity index (χ0n) is 10.1. The van der Waals surface area contributed by atoms with Crippen molar-refractivity contribution in [2.24, 2.45) is 0 Å². The molecule has 0 aliphatic heterocycles. The number of anilines is 2. The van der Waals surface area contributed by atoms with Crippen LogP contribution in [0.1, 0.15) is 11.1 Å². The second-order valence-electron chi connectivity index (χ2n) is 3.99. The molecule has 0 bridgehead atoms. The van der Waals surface area contributed by atoms with Crippen molar-refractivity contribution in [1.29, 1.82) is 5.26 Å². The van der Waals surface area contributed by atoms with E-state index in [0.29, 0.717) is 5.56 Å². The van der Waals surface area contributed by atoms with E-state index in [1.807, 2.05) is 60.5 Å². The maximum Gasteiger partial charge on any atom is 0.101 e. The molecular weight excluding hydrogens is 288 g/mol. The number of hydrogen-bond acceptors (Lipinski definition) is 2. The fraction of sp³-hybridized carbons (Fsp3) is 0.133. The summed E-state index contributed by atoms with van der Waals surface area (Å²) in [5.74, 6) is 0. The molecule has 0 aliphatic carbocycles. The van der Waals surface area contributed by atoms with Crippen LogP contribution in [0, 0.1) is 11.3 Å². The number of nitrogens with zero attached hydrogens (tertiary/aromatic N) is 2. The molecule has 0 N–H and O–H groups in total. The van der Waals surface area contributed by atoms with Crippen LogP contribution in [-0.2, 0) is 5.33 Å². The van der Waals surface area contributed by atoms with Gasteiger partial charge in [0.25, 0.3) is 0 Å². The Morgan fingerprint density at radius 3 is 2.50 bits per heavy atom. The molecular formula is C15H13BrN2. The van der Waals surface area contributed by atoms with Gasteiger partial charge < -0.3 is 4.90 Å². The molecule has 2 rings (SSSR count). The highest BCUT2D eigenvalue weighted by molar-refractivity contribution is 9.08. The monoisotopic (exact) mass is 300 g/mol. The molecule has 0 spiro atoms. The molecule has 3 heteroatoms. The van der Waals surface area contributed by atoms with E-state index in [0.717, 1.165) is 22.3 Å². The minimum atomic E-state index is 0.693. The normalized spacial score (nSPS) is 9.83. The summed E-state index contributed by atoms with van der Waals surface area (Å²) in [5.41, 5.74) is 3.80. The minimum absolute atomic E-state index is 0.693. The Labute approximate surface area is 116 Å². The Balaban J connectivity index is 2.43. The number of para-hydroxylation sites is 1. The topological polar surface area (TPSA) is 27.0 Å². The lowest BCUT2D eigenvalue weighted by molar-refractivity contribution is 1.19. The predicted molar refractivity (Wildman–Crippen MR) is 78.3 cm³/mol. The lowest BCUT2D eigenvalue weighted by Gasteiger charge is -2.21. The van der Waals surface area contributed by atoms with Crippen molar-refractivity contribution in [3.63, 3.8) is 0 Å². The van der Waals surface area contributed by atoms with Gasteiger partial charge in [-0.2, -0.15) is 5.26 Å². The Kier molecular flexibility index (Phi) is 4.01. The van der Waals surface area contributed by atoms with Gasteiger partial charge in [-0.05, 0) is 29.8 Å². The molecule has 2 aromatic carbocycles. The van der Waals surface area contributed by atoms with Gasteiger partial charge in [0.2, 0.25) is 0 Å². The highest BCUT2D eigenvalue weighted by Gasteiger charge is 2.09. The number of alkyl halides is 1. The number of nitriles is 1. The van der Waals surface area contributed by atoms with Gasteiger partial charge in [0, 0.05) is 18.1 Å². The van der Waals surface area contributed by atoms with Crippen molar-refractivity contribution in [3.8, 4) is 6.07 Å². The van der Waals surface area contributed by atoms with E-state index in [-0.39, 0.29) is 0 Å². The van der Waals surface area contributed by atoms with E-state index in [1.54, 1.807) is 0 Å². The van der Waals surface area contributed by atoms with Crippen LogP contribution in [0.25, 0.3) is 0 Å². The summed E-state index contributed by atoms with van der Waals surface area (Å²) in [7, 11) is 1.97. The molecule has 0 heterocycles. The average Bonchev–Trinajstić information content (AvgIpc) is 2.46. The maximum absolute atomic E-state index is 9.24. The first kappa shape index (κ1) is 12.7. The van der Waals surface area contributed by atoms with Crippen LogP contribution in [0.15, 0.2) is 48.5 Å². The van der Waals surface area contributed by atoms with E-state index in [9.17, 15) is 5.26 Å². The lowest BCUT2D eigenvalue weighted by atomic mass is 10.1. The van der Waals surface area contributed by atoms with Crippen LogP contribution >= 0.6 is 15.9 Å². The number of halogens is 1. The summed E-state index contributed by atoms with van der Waals surface area (Å²) in [5, 5.41) is 10.0. The lowest BCUT2D eigenvalue weighted by Crippen LogP contribution is -2.11. The van der Waals surface area contributed by atoms with E-state index in [4.69, 9.17) is 0 Å². The number of hydrogen-bond donors (Lipinski definition) is 0. The van der Waals surface area contributed by atoms with Gasteiger partial charge in [-0.15, -0.1) is 0 Å². The van der Waals surface area contributed by atoms with Gasteiger partial charge in [0.1, 0.15) is 6.07 Å². The van der Waals surface area contributed by atoms with Crippen LogP contribution in [0.3, 0.4) is 0 Å². The molecule has 0 saturated heterocycles. The van der Waals surface area contributed by atoms with E-state index >= 15 is 0 Å².